The summed E-state index contributed by atoms with van der Waals surface area (Å²) in [7, 11) is 1.44. The molecule has 0 atom stereocenters. The third-order valence-electron chi connectivity index (χ3n) is 2.17. The first-order valence-corrected chi connectivity index (χ1v) is 4.50. The van der Waals surface area contributed by atoms with Crippen molar-refractivity contribution in [1.82, 2.24) is 5.32 Å². The topological polar surface area (TPSA) is 30.5 Å². The van der Waals surface area contributed by atoms with E-state index < -0.39 is 5.82 Å². The summed E-state index contributed by atoms with van der Waals surface area (Å²) in [6.45, 7) is 1.65. The highest BCUT2D eigenvalue weighted by atomic mass is 19.1. The summed E-state index contributed by atoms with van der Waals surface area (Å²) in [5.41, 5.74) is 0. The second kappa shape index (κ2) is 3.84. The first kappa shape index (κ1) is 9.27. The molecule has 1 aliphatic rings. The summed E-state index contributed by atoms with van der Waals surface area (Å²) in [5, 5.41) is 3.08. The van der Waals surface area contributed by atoms with Gasteiger partial charge in [-0.05, 0) is 12.1 Å². The molecule has 0 spiro atoms. The van der Waals surface area contributed by atoms with Crippen LogP contribution in [0.4, 0.5) is 4.39 Å². The molecule has 1 N–H and O–H groups in total. The van der Waals surface area contributed by atoms with Crippen LogP contribution in [0.2, 0.25) is 0 Å². The van der Waals surface area contributed by atoms with Gasteiger partial charge in [-0.3, -0.25) is 0 Å². The van der Waals surface area contributed by atoms with E-state index in [9.17, 15) is 4.39 Å². The number of nitrogens with one attached hydrogen (secondary N) is 1. The highest BCUT2D eigenvalue weighted by Crippen LogP contribution is 2.23. The van der Waals surface area contributed by atoms with Crippen LogP contribution in [0.5, 0.6) is 11.5 Å². The van der Waals surface area contributed by atoms with Crippen LogP contribution >= 0.6 is 0 Å². The number of ether oxygens (including phenoxy) is 2. The lowest BCUT2D eigenvalue weighted by Gasteiger charge is -2.27. The van der Waals surface area contributed by atoms with Crippen molar-refractivity contribution in [1.29, 1.82) is 0 Å². The summed E-state index contributed by atoms with van der Waals surface area (Å²) in [6.07, 6.45) is 0.169. The van der Waals surface area contributed by atoms with Crippen LogP contribution in [0.25, 0.3) is 0 Å². The van der Waals surface area contributed by atoms with Crippen LogP contribution in [-0.4, -0.2) is 26.3 Å². The Morgan fingerprint density at radius 2 is 2.21 bits per heavy atom. The Morgan fingerprint density at radius 1 is 1.43 bits per heavy atom. The Labute approximate surface area is 81.8 Å². The van der Waals surface area contributed by atoms with Gasteiger partial charge in [0.1, 0.15) is 11.9 Å². The lowest BCUT2D eigenvalue weighted by molar-refractivity contribution is 0.141. The highest BCUT2D eigenvalue weighted by Gasteiger charge is 2.18. The third-order valence-corrected chi connectivity index (χ3v) is 2.17. The predicted octanol–water partition coefficient (Wildman–Crippen LogP) is 1.18. The SMILES string of the molecule is COc1ccc(OC2CNC2)cc1F. The lowest BCUT2D eigenvalue weighted by atomic mass is 10.2. The number of methoxy groups -OCH3 is 1. The highest BCUT2D eigenvalue weighted by molar-refractivity contribution is 5.33. The zero-order valence-corrected chi connectivity index (χ0v) is 7.92. The Kier molecular flexibility index (Phi) is 2.54. The van der Waals surface area contributed by atoms with Gasteiger partial charge in [-0.25, -0.2) is 4.39 Å². The monoisotopic (exact) mass is 197 g/mol. The van der Waals surface area contributed by atoms with Gasteiger partial charge in [0, 0.05) is 19.2 Å². The van der Waals surface area contributed by atoms with Crippen molar-refractivity contribution in [2.75, 3.05) is 20.2 Å². The van der Waals surface area contributed by atoms with Gasteiger partial charge in [-0.15, -0.1) is 0 Å². The van der Waals surface area contributed by atoms with E-state index in [4.69, 9.17) is 9.47 Å². The summed E-state index contributed by atoms with van der Waals surface area (Å²) < 4.78 is 23.5. The first-order chi connectivity index (χ1) is 6.79. The molecule has 14 heavy (non-hydrogen) atoms. The molecule has 1 saturated heterocycles. The molecule has 1 aliphatic heterocycles. The van der Waals surface area contributed by atoms with E-state index >= 15 is 0 Å². The molecule has 3 nitrogen and oxygen atoms in total. The van der Waals surface area contributed by atoms with Gasteiger partial charge in [0.25, 0.3) is 0 Å². The number of benzene rings is 1. The van der Waals surface area contributed by atoms with E-state index in [2.05, 4.69) is 5.32 Å². The van der Waals surface area contributed by atoms with E-state index in [0.29, 0.717) is 5.75 Å². The van der Waals surface area contributed by atoms with Gasteiger partial charge < -0.3 is 14.8 Å². The second-order valence-corrected chi connectivity index (χ2v) is 3.19. The van der Waals surface area contributed by atoms with Crippen molar-refractivity contribution in [2.24, 2.45) is 0 Å². The average Bonchev–Trinajstić information content (AvgIpc) is 2.12. The van der Waals surface area contributed by atoms with Crippen molar-refractivity contribution >= 4 is 0 Å². The molecular weight excluding hydrogens is 185 g/mol. The summed E-state index contributed by atoms with van der Waals surface area (Å²) in [5.74, 6) is 0.399. The van der Waals surface area contributed by atoms with E-state index in [0.717, 1.165) is 13.1 Å². The van der Waals surface area contributed by atoms with Gasteiger partial charge in [0.05, 0.1) is 7.11 Å². The first-order valence-electron chi connectivity index (χ1n) is 4.50. The third kappa shape index (κ3) is 1.80. The molecule has 0 amide bonds. The molecule has 0 aromatic heterocycles. The molecule has 0 saturated carbocycles. The molecular formula is C10H12FNO2. The van der Waals surface area contributed by atoms with Crippen LogP contribution in [0.3, 0.4) is 0 Å². The second-order valence-electron chi connectivity index (χ2n) is 3.19. The largest absolute Gasteiger partial charge is 0.494 e. The Balaban J connectivity index is 2.07. The summed E-state index contributed by atoms with van der Waals surface area (Å²) in [4.78, 5) is 0. The Bertz CT molecular complexity index is 326. The fourth-order valence-electron chi connectivity index (χ4n) is 1.26. The zero-order chi connectivity index (χ0) is 9.97. The van der Waals surface area contributed by atoms with Crippen molar-refractivity contribution in [3.8, 4) is 11.5 Å². The van der Waals surface area contributed by atoms with Crippen LogP contribution < -0.4 is 14.8 Å². The van der Waals surface area contributed by atoms with Gasteiger partial charge in [0.15, 0.2) is 11.6 Å². The van der Waals surface area contributed by atoms with Crippen LogP contribution in [0, 0.1) is 5.82 Å². The number of rotatable bonds is 3. The van der Waals surface area contributed by atoms with Crippen molar-refractivity contribution in [3.05, 3.63) is 24.0 Å². The van der Waals surface area contributed by atoms with Crippen molar-refractivity contribution in [2.45, 2.75) is 6.10 Å². The molecule has 76 valence electrons. The molecule has 0 bridgehead atoms. The molecule has 1 aromatic carbocycles. The minimum absolute atomic E-state index is 0.169. The lowest BCUT2D eigenvalue weighted by Crippen LogP contribution is -2.50. The van der Waals surface area contributed by atoms with Crippen LogP contribution in [0.15, 0.2) is 18.2 Å². The van der Waals surface area contributed by atoms with E-state index in [1.807, 2.05) is 0 Å². The standard InChI is InChI=1S/C10H12FNO2/c1-13-10-3-2-7(4-9(10)11)14-8-5-12-6-8/h2-4,8,12H,5-6H2,1H3. The molecule has 1 aromatic rings. The maximum atomic E-state index is 13.2. The number of halogens is 1. The number of hydrogen-bond donors (Lipinski definition) is 1. The quantitative estimate of drug-likeness (QED) is 0.789. The zero-order valence-electron chi connectivity index (χ0n) is 7.92. The molecule has 1 heterocycles. The van der Waals surface area contributed by atoms with Crippen molar-refractivity contribution < 1.29 is 13.9 Å². The molecule has 0 aliphatic carbocycles. The molecule has 1 fully saturated rings. The van der Waals surface area contributed by atoms with Crippen molar-refractivity contribution in [3.63, 3.8) is 0 Å². The predicted molar refractivity (Wildman–Crippen MR) is 50.2 cm³/mol. The molecule has 2 rings (SSSR count). The minimum Gasteiger partial charge on any atom is -0.494 e. The van der Waals surface area contributed by atoms with Gasteiger partial charge in [-0.2, -0.15) is 0 Å². The van der Waals surface area contributed by atoms with Gasteiger partial charge in [0.2, 0.25) is 0 Å². The van der Waals surface area contributed by atoms with Crippen LogP contribution in [-0.2, 0) is 0 Å². The summed E-state index contributed by atoms with van der Waals surface area (Å²) >= 11 is 0. The Morgan fingerprint density at radius 3 is 2.71 bits per heavy atom. The fourth-order valence-corrected chi connectivity index (χ4v) is 1.26. The van der Waals surface area contributed by atoms with E-state index in [-0.39, 0.29) is 11.9 Å². The fraction of sp³-hybridized carbons (Fsp3) is 0.400. The average molecular weight is 197 g/mol. The van der Waals surface area contributed by atoms with Gasteiger partial charge in [-0.1, -0.05) is 0 Å². The number of hydrogen-bond acceptors (Lipinski definition) is 3. The van der Waals surface area contributed by atoms with Gasteiger partial charge >= 0.3 is 0 Å². The normalized spacial score (nSPS) is 16.1. The maximum absolute atomic E-state index is 13.2. The smallest absolute Gasteiger partial charge is 0.168 e. The minimum atomic E-state index is -0.391. The summed E-state index contributed by atoms with van der Waals surface area (Å²) in [6, 6.07) is 4.62. The Hall–Kier alpha value is -1.29. The molecule has 4 heteroatoms. The van der Waals surface area contributed by atoms with Crippen LogP contribution in [0.1, 0.15) is 0 Å². The molecule has 0 radical (unpaired) electrons. The van der Waals surface area contributed by atoms with E-state index in [1.54, 1.807) is 12.1 Å². The molecule has 0 unspecified atom stereocenters. The van der Waals surface area contributed by atoms with E-state index in [1.165, 1.54) is 13.2 Å². The maximum Gasteiger partial charge on any atom is 0.168 e.